The standard InChI is InChI=1S/C20H23NO/c1-2-8-15(9-3-1)20-17-11-5-4-10-16(17)14-21-18-12-6-7-13-19(18)22-20/h1-5,8-11,18-21H,6-7,12-14H2/t18-,19+,20-/m1/s1. The topological polar surface area (TPSA) is 21.3 Å². The fraction of sp³-hybridized carbons (Fsp3) is 0.400. The molecule has 0 saturated heterocycles. The molecular weight excluding hydrogens is 270 g/mol. The summed E-state index contributed by atoms with van der Waals surface area (Å²) in [6, 6.07) is 19.9. The summed E-state index contributed by atoms with van der Waals surface area (Å²) in [5, 5.41) is 3.73. The Labute approximate surface area is 132 Å². The Morgan fingerprint density at radius 1 is 0.864 bits per heavy atom. The molecule has 2 nitrogen and oxygen atoms in total. The van der Waals surface area contributed by atoms with Crippen LogP contribution in [0.2, 0.25) is 0 Å². The first-order valence-corrected chi connectivity index (χ1v) is 8.43. The fourth-order valence-electron chi connectivity index (χ4n) is 3.82. The highest BCUT2D eigenvalue weighted by Crippen LogP contribution is 2.35. The molecule has 22 heavy (non-hydrogen) atoms. The minimum atomic E-state index is 0.0603. The van der Waals surface area contributed by atoms with Crippen LogP contribution in [-0.2, 0) is 11.3 Å². The molecule has 3 atom stereocenters. The van der Waals surface area contributed by atoms with Gasteiger partial charge < -0.3 is 10.1 Å². The average Bonchev–Trinajstić information content (AvgIpc) is 2.58. The molecule has 0 spiro atoms. The van der Waals surface area contributed by atoms with Gasteiger partial charge in [-0.3, -0.25) is 0 Å². The zero-order valence-electron chi connectivity index (χ0n) is 12.9. The number of ether oxygens (including phenoxy) is 1. The van der Waals surface area contributed by atoms with E-state index in [0.717, 1.165) is 6.54 Å². The van der Waals surface area contributed by atoms with E-state index in [1.165, 1.54) is 42.4 Å². The molecule has 2 aliphatic rings. The van der Waals surface area contributed by atoms with Gasteiger partial charge in [-0.05, 0) is 29.5 Å². The smallest absolute Gasteiger partial charge is 0.108 e. The lowest BCUT2D eigenvalue weighted by atomic mass is 9.89. The summed E-state index contributed by atoms with van der Waals surface area (Å²) in [6.45, 7) is 0.948. The van der Waals surface area contributed by atoms with Gasteiger partial charge in [0, 0.05) is 12.6 Å². The van der Waals surface area contributed by atoms with Crippen molar-refractivity contribution in [3.8, 4) is 0 Å². The minimum Gasteiger partial charge on any atom is -0.364 e. The summed E-state index contributed by atoms with van der Waals surface area (Å²) in [4.78, 5) is 0. The Hall–Kier alpha value is -1.64. The third-order valence-corrected chi connectivity index (χ3v) is 5.01. The first kappa shape index (κ1) is 14.0. The summed E-state index contributed by atoms with van der Waals surface area (Å²) in [7, 11) is 0. The summed E-state index contributed by atoms with van der Waals surface area (Å²) < 4.78 is 6.65. The van der Waals surface area contributed by atoms with Crippen LogP contribution >= 0.6 is 0 Å². The van der Waals surface area contributed by atoms with E-state index >= 15 is 0 Å². The van der Waals surface area contributed by atoms with Crippen LogP contribution in [-0.4, -0.2) is 12.1 Å². The predicted molar refractivity (Wildman–Crippen MR) is 88.7 cm³/mol. The molecule has 0 amide bonds. The van der Waals surface area contributed by atoms with Crippen molar-refractivity contribution < 1.29 is 4.74 Å². The van der Waals surface area contributed by atoms with Crippen LogP contribution in [0.15, 0.2) is 54.6 Å². The largest absolute Gasteiger partial charge is 0.364 e. The van der Waals surface area contributed by atoms with Crippen molar-refractivity contribution >= 4 is 0 Å². The second-order valence-electron chi connectivity index (χ2n) is 6.44. The fourth-order valence-corrected chi connectivity index (χ4v) is 3.82. The van der Waals surface area contributed by atoms with Gasteiger partial charge in [-0.15, -0.1) is 0 Å². The lowest BCUT2D eigenvalue weighted by Gasteiger charge is -2.38. The summed E-state index contributed by atoms with van der Waals surface area (Å²) in [5.74, 6) is 0. The number of hydrogen-bond acceptors (Lipinski definition) is 2. The molecule has 114 valence electrons. The van der Waals surface area contributed by atoms with Gasteiger partial charge in [0.2, 0.25) is 0 Å². The van der Waals surface area contributed by atoms with E-state index in [4.69, 9.17) is 4.74 Å². The molecule has 0 aromatic heterocycles. The van der Waals surface area contributed by atoms with Gasteiger partial charge in [0.1, 0.15) is 6.10 Å². The second-order valence-corrected chi connectivity index (χ2v) is 6.44. The van der Waals surface area contributed by atoms with Gasteiger partial charge in [0.15, 0.2) is 0 Å². The van der Waals surface area contributed by atoms with Gasteiger partial charge in [0.25, 0.3) is 0 Å². The first-order valence-electron chi connectivity index (χ1n) is 8.43. The van der Waals surface area contributed by atoms with E-state index in [1.54, 1.807) is 0 Å². The molecule has 1 heterocycles. The van der Waals surface area contributed by atoms with Gasteiger partial charge in [-0.25, -0.2) is 0 Å². The van der Waals surface area contributed by atoms with E-state index in [0.29, 0.717) is 12.1 Å². The highest BCUT2D eigenvalue weighted by Gasteiger charge is 2.32. The summed E-state index contributed by atoms with van der Waals surface area (Å²) >= 11 is 0. The summed E-state index contributed by atoms with van der Waals surface area (Å²) in [5.41, 5.74) is 3.94. The van der Waals surface area contributed by atoms with Gasteiger partial charge in [-0.1, -0.05) is 67.4 Å². The third kappa shape index (κ3) is 2.69. The molecule has 0 unspecified atom stereocenters. The molecule has 2 aromatic carbocycles. The Bertz CT molecular complexity index is 625. The molecule has 1 saturated carbocycles. The van der Waals surface area contributed by atoms with Crippen LogP contribution < -0.4 is 5.32 Å². The average molecular weight is 293 g/mol. The lowest BCUT2D eigenvalue weighted by Crippen LogP contribution is -2.45. The van der Waals surface area contributed by atoms with Crippen molar-refractivity contribution in [3.05, 3.63) is 71.3 Å². The molecule has 0 radical (unpaired) electrons. The number of hydrogen-bond donors (Lipinski definition) is 1. The second kappa shape index (κ2) is 6.23. The number of rotatable bonds is 1. The molecule has 1 N–H and O–H groups in total. The minimum absolute atomic E-state index is 0.0603. The number of benzene rings is 2. The van der Waals surface area contributed by atoms with E-state index in [1.807, 2.05) is 0 Å². The third-order valence-electron chi connectivity index (χ3n) is 5.01. The molecular formula is C20H23NO. The van der Waals surface area contributed by atoms with Crippen LogP contribution in [0.5, 0.6) is 0 Å². The number of nitrogens with one attached hydrogen (secondary N) is 1. The van der Waals surface area contributed by atoms with Gasteiger partial charge in [0.05, 0.1) is 6.10 Å². The highest BCUT2D eigenvalue weighted by molar-refractivity contribution is 5.36. The quantitative estimate of drug-likeness (QED) is 0.850. The molecule has 1 aliphatic carbocycles. The molecule has 0 bridgehead atoms. The maximum atomic E-state index is 6.65. The van der Waals surface area contributed by atoms with Crippen LogP contribution in [0.4, 0.5) is 0 Å². The Morgan fingerprint density at radius 2 is 1.64 bits per heavy atom. The van der Waals surface area contributed by atoms with Crippen LogP contribution in [0.3, 0.4) is 0 Å². The van der Waals surface area contributed by atoms with E-state index in [9.17, 15) is 0 Å². The SMILES string of the molecule is c1ccc([C@H]2O[C@H]3CCCC[C@H]3NCc3ccccc32)cc1. The molecule has 2 aromatic rings. The van der Waals surface area contributed by atoms with Crippen LogP contribution in [0.1, 0.15) is 48.5 Å². The Morgan fingerprint density at radius 3 is 2.55 bits per heavy atom. The molecule has 1 aliphatic heterocycles. The van der Waals surface area contributed by atoms with Crippen LogP contribution in [0.25, 0.3) is 0 Å². The Balaban J connectivity index is 1.75. The monoisotopic (exact) mass is 293 g/mol. The van der Waals surface area contributed by atoms with E-state index < -0.39 is 0 Å². The van der Waals surface area contributed by atoms with Crippen molar-refractivity contribution in [3.63, 3.8) is 0 Å². The van der Waals surface area contributed by atoms with Crippen molar-refractivity contribution in [2.75, 3.05) is 0 Å². The van der Waals surface area contributed by atoms with Gasteiger partial charge in [-0.2, -0.15) is 0 Å². The van der Waals surface area contributed by atoms with E-state index in [2.05, 4.69) is 59.9 Å². The van der Waals surface area contributed by atoms with E-state index in [-0.39, 0.29) is 6.10 Å². The first-order chi connectivity index (χ1) is 10.9. The zero-order chi connectivity index (χ0) is 14.8. The normalized spacial score (nSPS) is 28.1. The molecule has 2 heteroatoms. The molecule has 4 rings (SSSR count). The van der Waals surface area contributed by atoms with Crippen molar-refractivity contribution in [1.82, 2.24) is 5.32 Å². The highest BCUT2D eigenvalue weighted by atomic mass is 16.5. The lowest BCUT2D eigenvalue weighted by molar-refractivity contribution is -0.0354. The zero-order valence-corrected chi connectivity index (χ0v) is 12.9. The van der Waals surface area contributed by atoms with Crippen molar-refractivity contribution in [2.24, 2.45) is 0 Å². The van der Waals surface area contributed by atoms with Crippen LogP contribution in [0, 0.1) is 0 Å². The van der Waals surface area contributed by atoms with Crippen molar-refractivity contribution in [2.45, 2.75) is 50.5 Å². The Kier molecular flexibility index (Phi) is 3.96. The summed E-state index contributed by atoms with van der Waals surface area (Å²) in [6.07, 6.45) is 5.39. The molecule has 1 fully saturated rings. The van der Waals surface area contributed by atoms with Crippen molar-refractivity contribution in [1.29, 1.82) is 0 Å². The maximum Gasteiger partial charge on any atom is 0.108 e. The van der Waals surface area contributed by atoms with Gasteiger partial charge >= 0.3 is 0 Å². The number of fused-ring (bicyclic) bond motifs is 2. The maximum absolute atomic E-state index is 6.65. The predicted octanol–water partition coefficient (Wildman–Crippen LogP) is 4.21.